The molecule has 0 N–H and O–H groups in total. The molecular formula is Cl2NaO-. The Labute approximate surface area is 58.2 Å². The van der Waals surface area contributed by atoms with Gasteiger partial charge in [0, 0.05) is 0 Å². The first-order valence-corrected chi connectivity index (χ1v) is 0.463. The quantitative estimate of drug-likeness (QED) is 0.284. The van der Waals surface area contributed by atoms with Crippen molar-refractivity contribution < 1.29 is 46.6 Å². The van der Waals surface area contributed by atoms with Crippen LogP contribution in [0.3, 0.4) is 0 Å². The van der Waals surface area contributed by atoms with Crippen LogP contribution in [-0.2, 0) is 0 Å². The van der Waals surface area contributed by atoms with Crippen LogP contribution in [0.1, 0.15) is 0 Å². The fourth-order valence-electron chi connectivity index (χ4n) is 0. The number of hydrogen-bond acceptors (Lipinski definition) is 1. The minimum absolute atomic E-state index is 0. The molecular weight excluding hydrogens is 110 g/mol. The van der Waals surface area contributed by atoms with Crippen LogP contribution in [0.5, 0.6) is 0 Å². The molecule has 4 heteroatoms. The van der Waals surface area contributed by atoms with E-state index in [1.165, 1.54) is 0 Å². The summed E-state index contributed by atoms with van der Waals surface area (Å²) in [5, 5.41) is 0. The molecule has 4 heavy (non-hydrogen) atoms. The first kappa shape index (κ1) is 17.7. The second-order valence-corrected chi connectivity index (χ2v) is 0. The van der Waals surface area contributed by atoms with E-state index in [2.05, 4.69) is 11.9 Å². The van der Waals surface area contributed by atoms with Gasteiger partial charge in [-0.1, -0.05) is 0 Å². The molecule has 0 aromatic carbocycles. The summed E-state index contributed by atoms with van der Waals surface area (Å²) in [4.78, 5) is 0. The molecule has 0 bridgehead atoms. The number of rotatable bonds is 0. The Bertz CT molecular complexity index is 6.00. The molecule has 0 rings (SSSR count). The third kappa shape index (κ3) is 9.63. The average Bonchev–Trinajstić information content (AvgIpc) is 1.00. The van der Waals surface area contributed by atoms with Crippen molar-refractivity contribution in [1.29, 1.82) is 0 Å². The van der Waals surface area contributed by atoms with E-state index in [1.807, 2.05) is 0 Å². The SMILES string of the molecule is [Cl-].[Na+].[O-]Cl. The normalized spacial score (nSPS) is 1.50. The van der Waals surface area contributed by atoms with E-state index in [4.69, 9.17) is 4.66 Å². The van der Waals surface area contributed by atoms with Crippen molar-refractivity contribution >= 4 is 11.9 Å². The van der Waals surface area contributed by atoms with E-state index in [9.17, 15) is 0 Å². The van der Waals surface area contributed by atoms with Gasteiger partial charge in [-0.2, -0.15) is 0 Å². The second kappa shape index (κ2) is 24.0. The Balaban J connectivity index is -0.00000000500. The second-order valence-electron chi connectivity index (χ2n) is 0. The van der Waals surface area contributed by atoms with Gasteiger partial charge in [-0.05, 0) is 0 Å². The molecule has 0 radical (unpaired) electrons. The molecule has 0 spiro atoms. The van der Waals surface area contributed by atoms with Gasteiger partial charge in [0.15, 0.2) is 0 Å². The van der Waals surface area contributed by atoms with Crippen LogP contribution in [0.15, 0.2) is 0 Å². The van der Waals surface area contributed by atoms with Crippen molar-refractivity contribution in [3.63, 3.8) is 0 Å². The van der Waals surface area contributed by atoms with Crippen molar-refractivity contribution in [2.45, 2.75) is 0 Å². The Morgan fingerprint density at radius 3 is 1.25 bits per heavy atom. The maximum absolute atomic E-state index is 7.72. The van der Waals surface area contributed by atoms with Crippen LogP contribution >= 0.6 is 11.9 Å². The molecule has 0 fully saturated rings. The maximum atomic E-state index is 7.72. The van der Waals surface area contributed by atoms with Crippen LogP contribution in [0.2, 0.25) is 0 Å². The van der Waals surface area contributed by atoms with Crippen LogP contribution in [0, 0.1) is 0 Å². The summed E-state index contributed by atoms with van der Waals surface area (Å²) in [7, 11) is 0. The first-order valence-electron chi connectivity index (χ1n) is 0.154. The summed E-state index contributed by atoms with van der Waals surface area (Å²) in [6.45, 7) is 0. The summed E-state index contributed by atoms with van der Waals surface area (Å²) in [5.41, 5.74) is 0. The van der Waals surface area contributed by atoms with E-state index >= 15 is 0 Å². The molecule has 0 aliphatic rings. The predicted octanol–water partition coefficient (Wildman–Crippen LogP) is -6.49. The third-order valence-corrected chi connectivity index (χ3v) is 0. The Morgan fingerprint density at radius 1 is 1.25 bits per heavy atom. The van der Waals surface area contributed by atoms with Gasteiger partial charge in [-0.3, -0.25) is 0 Å². The molecule has 0 atom stereocenters. The van der Waals surface area contributed by atoms with Gasteiger partial charge in [-0.25, -0.2) is 11.9 Å². The van der Waals surface area contributed by atoms with Gasteiger partial charge in [0.1, 0.15) is 0 Å². The van der Waals surface area contributed by atoms with Crippen LogP contribution < -0.4 is 46.6 Å². The smallest absolute Gasteiger partial charge is 1.00 e. The molecule has 0 aromatic heterocycles. The van der Waals surface area contributed by atoms with E-state index in [0.717, 1.165) is 0 Å². The minimum Gasteiger partial charge on any atom is -1.00 e. The number of hydrogen-bond donors (Lipinski definition) is 0. The van der Waals surface area contributed by atoms with Crippen molar-refractivity contribution in [1.82, 2.24) is 0 Å². The predicted molar refractivity (Wildman–Crippen MR) is 5.85 cm³/mol. The molecule has 0 aliphatic carbocycles. The molecule has 22 valence electrons. The summed E-state index contributed by atoms with van der Waals surface area (Å²) in [5.74, 6) is 0. The fraction of sp³-hybridized carbons (Fsp3) is 0. The van der Waals surface area contributed by atoms with E-state index in [-0.39, 0.29) is 42.0 Å². The summed E-state index contributed by atoms with van der Waals surface area (Å²) in [6, 6.07) is 0. The van der Waals surface area contributed by atoms with Crippen LogP contribution in [0.25, 0.3) is 0 Å². The third-order valence-electron chi connectivity index (χ3n) is 0. The Kier molecular flexibility index (Phi) is 106. The first-order chi connectivity index (χ1) is 1.00. The summed E-state index contributed by atoms with van der Waals surface area (Å²) < 4.78 is 7.72. The molecule has 0 unspecified atom stereocenters. The largest absolute Gasteiger partial charge is 1.00 e. The standard InChI is InChI=1S/ClO.ClH.Na/c1-2;;/h;1H;/q-1;;+1/p-1. The average molecular weight is 110 g/mol. The van der Waals surface area contributed by atoms with Crippen molar-refractivity contribution in [2.75, 3.05) is 0 Å². The molecule has 0 aromatic rings. The van der Waals surface area contributed by atoms with Crippen molar-refractivity contribution in [2.24, 2.45) is 0 Å². The van der Waals surface area contributed by atoms with Crippen molar-refractivity contribution in [3.05, 3.63) is 0 Å². The van der Waals surface area contributed by atoms with Gasteiger partial charge in [-0.15, -0.1) is 0 Å². The van der Waals surface area contributed by atoms with Gasteiger partial charge >= 0.3 is 29.6 Å². The zero-order chi connectivity index (χ0) is 2.00. The summed E-state index contributed by atoms with van der Waals surface area (Å²) >= 11 is 3.39. The zero-order valence-electron chi connectivity index (χ0n) is 2.16. The molecule has 0 heterocycles. The van der Waals surface area contributed by atoms with Crippen LogP contribution in [-0.4, -0.2) is 0 Å². The van der Waals surface area contributed by atoms with E-state index in [0.29, 0.717) is 0 Å². The zero-order valence-corrected chi connectivity index (χ0v) is 5.68. The van der Waals surface area contributed by atoms with Gasteiger partial charge in [0.2, 0.25) is 0 Å². The molecule has 0 saturated heterocycles. The van der Waals surface area contributed by atoms with Gasteiger partial charge in [0.05, 0.1) is 0 Å². The van der Waals surface area contributed by atoms with E-state index in [1.54, 1.807) is 0 Å². The molecule has 0 aliphatic heterocycles. The van der Waals surface area contributed by atoms with Crippen LogP contribution in [0.4, 0.5) is 0 Å². The van der Waals surface area contributed by atoms with Gasteiger partial charge < -0.3 is 17.1 Å². The number of halogens is 2. The Morgan fingerprint density at radius 2 is 1.25 bits per heavy atom. The maximum Gasteiger partial charge on any atom is 1.00 e. The van der Waals surface area contributed by atoms with Gasteiger partial charge in [0.25, 0.3) is 0 Å². The summed E-state index contributed by atoms with van der Waals surface area (Å²) in [6.07, 6.45) is 0. The molecule has 1 nitrogen and oxygen atoms in total. The van der Waals surface area contributed by atoms with E-state index < -0.39 is 0 Å². The monoisotopic (exact) mass is 109 g/mol. The fourth-order valence-corrected chi connectivity index (χ4v) is 0. The molecule has 0 amide bonds. The van der Waals surface area contributed by atoms with Crippen molar-refractivity contribution in [3.8, 4) is 0 Å². The molecule has 0 saturated carbocycles. The topological polar surface area (TPSA) is 23.1 Å². The Hall–Kier alpha value is 1.54. The minimum atomic E-state index is 0.